The van der Waals surface area contributed by atoms with E-state index in [0.29, 0.717) is 5.69 Å². The van der Waals surface area contributed by atoms with Gasteiger partial charge in [0.1, 0.15) is 11.3 Å². The van der Waals surface area contributed by atoms with Crippen LogP contribution < -0.4 is 5.48 Å². The summed E-state index contributed by atoms with van der Waals surface area (Å²) in [5.74, 6) is -0.0211. The van der Waals surface area contributed by atoms with Crippen LogP contribution >= 0.6 is 0 Å². The number of fused-ring (bicyclic) bond motifs is 3. The van der Waals surface area contributed by atoms with Gasteiger partial charge in [-0.15, -0.1) is 0 Å². The van der Waals surface area contributed by atoms with Gasteiger partial charge < -0.3 is 9.82 Å². The molecule has 4 heterocycles. The molecule has 3 N–H and O–H groups in total. The molecule has 7 nitrogen and oxygen atoms in total. The maximum atomic E-state index is 7.98. The van der Waals surface area contributed by atoms with Crippen molar-refractivity contribution in [2.75, 3.05) is 20.1 Å². The molecule has 4 aromatic rings. The predicted molar refractivity (Wildman–Crippen MR) is 125 cm³/mol. The van der Waals surface area contributed by atoms with E-state index in [0.717, 1.165) is 39.6 Å². The molecule has 0 bridgehead atoms. The molecule has 1 fully saturated rings. The highest BCUT2D eigenvalue weighted by molar-refractivity contribution is 6.08. The maximum Gasteiger partial charge on any atom is 0.256 e. The lowest BCUT2D eigenvalue weighted by Gasteiger charge is -2.26. The van der Waals surface area contributed by atoms with Gasteiger partial charge in [-0.25, -0.2) is 9.97 Å². The third-order valence-corrected chi connectivity index (χ3v) is 5.91. The van der Waals surface area contributed by atoms with Crippen LogP contribution in [0.1, 0.15) is 31.9 Å². The first-order valence-electron chi connectivity index (χ1n) is 10.7. The van der Waals surface area contributed by atoms with Crippen molar-refractivity contribution in [3.05, 3.63) is 60.0 Å². The average molecular weight is 417 g/mol. The SMILES string of the molecule is CNOC(=N)c1cc2c(cn1)[nH]c1ncc(-c3ccc(CN4CCCCC4)cc3)cc12.[HH]. The van der Waals surface area contributed by atoms with Crippen molar-refractivity contribution in [3.8, 4) is 11.1 Å². The van der Waals surface area contributed by atoms with Crippen molar-refractivity contribution in [1.29, 1.82) is 5.41 Å². The molecule has 5 rings (SSSR count). The second-order valence-electron chi connectivity index (χ2n) is 8.03. The standard InChI is InChI=1S/C24H26N6O.H2/c1-26-31-23(25)21-12-19-20-11-18(13-28-24(20)29-22(19)14-27-21)17-7-5-16(6-8-17)15-30-9-3-2-4-10-30;/h5-8,11-14,25-26H,2-4,9-10,15H2,1H3,(H,28,29);1H. The van der Waals surface area contributed by atoms with Crippen LogP contribution in [0.2, 0.25) is 0 Å². The first kappa shape index (κ1) is 19.7. The molecule has 0 spiro atoms. The van der Waals surface area contributed by atoms with Crippen molar-refractivity contribution in [3.63, 3.8) is 0 Å². The molecule has 0 atom stereocenters. The smallest absolute Gasteiger partial charge is 0.256 e. The van der Waals surface area contributed by atoms with Crippen LogP contribution in [0, 0.1) is 5.41 Å². The number of hydrogen-bond acceptors (Lipinski definition) is 6. The summed E-state index contributed by atoms with van der Waals surface area (Å²) < 4.78 is 0. The Hall–Kier alpha value is -3.29. The molecule has 1 aliphatic heterocycles. The van der Waals surface area contributed by atoms with Crippen molar-refractivity contribution in [2.24, 2.45) is 0 Å². The fourth-order valence-electron chi connectivity index (χ4n) is 4.29. The number of pyridine rings is 2. The van der Waals surface area contributed by atoms with E-state index in [1.54, 1.807) is 13.2 Å². The van der Waals surface area contributed by atoms with Crippen molar-refractivity contribution in [2.45, 2.75) is 25.8 Å². The molecule has 7 heteroatoms. The Bertz CT molecular complexity index is 1230. The van der Waals surface area contributed by atoms with Crippen LogP contribution in [0.15, 0.2) is 48.8 Å². The second-order valence-corrected chi connectivity index (χ2v) is 8.03. The number of hydroxylamine groups is 1. The number of hydrogen-bond donors (Lipinski definition) is 3. The minimum absolute atomic E-state index is 0. The van der Waals surface area contributed by atoms with Gasteiger partial charge in [-0.1, -0.05) is 30.7 Å². The topological polar surface area (TPSA) is 89.9 Å². The molecule has 1 saturated heterocycles. The molecule has 0 unspecified atom stereocenters. The summed E-state index contributed by atoms with van der Waals surface area (Å²) in [6, 6.07) is 12.8. The van der Waals surface area contributed by atoms with Crippen LogP contribution in [0.3, 0.4) is 0 Å². The lowest BCUT2D eigenvalue weighted by molar-refractivity contribution is 0.207. The fourth-order valence-corrected chi connectivity index (χ4v) is 4.29. The van der Waals surface area contributed by atoms with Crippen molar-refractivity contribution >= 4 is 27.8 Å². The number of nitrogens with one attached hydrogen (secondary N) is 3. The maximum absolute atomic E-state index is 7.98. The first-order chi connectivity index (χ1) is 15.2. The number of piperidine rings is 1. The van der Waals surface area contributed by atoms with Gasteiger partial charge >= 0.3 is 0 Å². The van der Waals surface area contributed by atoms with Crippen LogP contribution in [0.4, 0.5) is 0 Å². The Balaban J connectivity index is 0.00000245. The minimum atomic E-state index is -0.0211. The van der Waals surface area contributed by atoms with Gasteiger partial charge in [0.15, 0.2) is 0 Å². The molecule has 1 aromatic carbocycles. The van der Waals surface area contributed by atoms with Gasteiger partial charge in [-0.2, -0.15) is 5.48 Å². The Labute approximate surface area is 182 Å². The molecular weight excluding hydrogens is 388 g/mol. The van der Waals surface area contributed by atoms with Gasteiger partial charge in [0.25, 0.3) is 5.90 Å². The van der Waals surface area contributed by atoms with Gasteiger partial charge in [0.2, 0.25) is 0 Å². The predicted octanol–water partition coefficient (Wildman–Crippen LogP) is 4.49. The van der Waals surface area contributed by atoms with Crippen molar-refractivity contribution in [1.82, 2.24) is 25.3 Å². The number of aromatic amines is 1. The van der Waals surface area contributed by atoms with Crippen LogP contribution in [-0.4, -0.2) is 45.9 Å². The number of H-pyrrole nitrogens is 1. The van der Waals surface area contributed by atoms with Crippen LogP contribution in [0.5, 0.6) is 0 Å². The molecule has 1 aliphatic rings. The summed E-state index contributed by atoms with van der Waals surface area (Å²) in [5, 5.41) is 9.96. The van der Waals surface area contributed by atoms with Gasteiger partial charge in [0, 0.05) is 37.6 Å². The number of rotatable bonds is 5. The monoisotopic (exact) mass is 416 g/mol. The molecule has 0 saturated carbocycles. The lowest BCUT2D eigenvalue weighted by atomic mass is 10.0. The summed E-state index contributed by atoms with van der Waals surface area (Å²) in [6.45, 7) is 3.43. The normalized spacial score (nSPS) is 14.9. The molecule has 0 amide bonds. The Morgan fingerprint density at radius 2 is 1.87 bits per heavy atom. The number of benzene rings is 1. The zero-order valence-corrected chi connectivity index (χ0v) is 17.6. The number of likely N-dealkylation sites (tertiary alicyclic amines) is 1. The highest BCUT2D eigenvalue weighted by atomic mass is 16.6. The molecule has 0 aliphatic carbocycles. The largest absolute Gasteiger partial charge is 0.387 e. The second kappa shape index (κ2) is 8.45. The number of nitrogens with zero attached hydrogens (tertiary/aromatic N) is 3. The fraction of sp³-hybridized carbons (Fsp3) is 0.292. The molecule has 3 aromatic heterocycles. The van der Waals surface area contributed by atoms with Gasteiger partial charge in [-0.3, -0.25) is 10.3 Å². The summed E-state index contributed by atoms with van der Waals surface area (Å²) >= 11 is 0. The number of aromatic nitrogens is 3. The third kappa shape index (κ3) is 4.02. The molecule has 160 valence electrons. The highest BCUT2D eigenvalue weighted by Crippen LogP contribution is 2.29. The molecule has 31 heavy (non-hydrogen) atoms. The van der Waals surface area contributed by atoms with E-state index in [2.05, 4.69) is 55.7 Å². The van der Waals surface area contributed by atoms with Crippen LogP contribution in [-0.2, 0) is 11.4 Å². The quantitative estimate of drug-likeness (QED) is 0.253. The zero-order valence-electron chi connectivity index (χ0n) is 17.6. The summed E-state index contributed by atoms with van der Waals surface area (Å²) in [5.41, 5.74) is 8.24. The minimum Gasteiger partial charge on any atom is -0.387 e. The summed E-state index contributed by atoms with van der Waals surface area (Å²) in [7, 11) is 1.62. The molecule has 0 radical (unpaired) electrons. The van der Waals surface area contributed by atoms with E-state index in [1.807, 2.05) is 12.3 Å². The van der Waals surface area contributed by atoms with E-state index < -0.39 is 0 Å². The molecular formula is C24H28N6O. The van der Waals surface area contributed by atoms with Crippen LogP contribution in [0.25, 0.3) is 33.1 Å². The first-order valence-corrected chi connectivity index (χ1v) is 10.7. The zero-order chi connectivity index (χ0) is 21.2. The van der Waals surface area contributed by atoms with Gasteiger partial charge in [0.05, 0.1) is 11.7 Å². The van der Waals surface area contributed by atoms with E-state index in [-0.39, 0.29) is 7.32 Å². The van der Waals surface area contributed by atoms with Gasteiger partial charge in [-0.05, 0) is 49.2 Å². The van der Waals surface area contributed by atoms with Crippen molar-refractivity contribution < 1.29 is 6.26 Å². The Morgan fingerprint density at radius 1 is 1.06 bits per heavy atom. The average Bonchev–Trinajstić information content (AvgIpc) is 3.17. The Kier molecular flexibility index (Phi) is 5.36. The Morgan fingerprint density at radius 3 is 2.65 bits per heavy atom. The third-order valence-electron chi connectivity index (χ3n) is 5.91. The lowest BCUT2D eigenvalue weighted by Crippen LogP contribution is -2.28. The summed E-state index contributed by atoms with van der Waals surface area (Å²) in [6.07, 6.45) is 7.60. The summed E-state index contributed by atoms with van der Waals surface area (Å²) in [4.78, 5) is 19.8. The highest BCUT2D eigenvalue weighted by Gasteiger charge is 2.13. The van der Waals surface area contributed by atoms with E-state index >= 15 is 0 Å². The van der Waals surface area contributed by atoms with E-state index in [4.69, 9.17) is 10.2 Å². The van der Waals surface area contributed by atoms with E-state index in [9.17, 15) is 0 Å². The van der Waals surface area contributed by atoms with E-state index in [1.165, 1.54) is 37.9 Å².